The van der Waals surface area contributed by atoms with Gasteiger partial charge in [-0.15, -0.1) is 0 Å². The molecule has 0 spiro atoms. The molecule has 4 heteroatoms. The Hall–Kier alpha value is -0.160. The molecule has 2 unspecified atom stereocenters. The van der Waals surface area contributed by atoms with Crippen LogP contribution in [0.4, 0.5) is 0 Å². The van der Waals surface area contributed by atoms with E-state index < -0.39 is 0 Å². The molecule has 0 aromatic carbocycles. The minimum absolute atomic E-state index is 0.0762. The van der Waals surface area contributed by atoms with Crippen molar-refractivity contribution >= 4 is 0 Å². The molecule has 0 aliphatic heterocycles. The quantitative estimate of drug-likeness (QED) is 0.533. The first-order valence-corrected chi connectivity index (χ1v) is 9.04. The van der Waals surface area contributed by atoms with Crippen LogP contribution in [-0.4, -0.2) is 36.5 Å². The second-order valence-corrected chi connectivity index (χ2v) is 9.22. The van der Waals surface area contributed by atoms with Crippen molar-refractivity contribution in [3.05, 3.63) is 0 Å². The molecule has 0 rings (SSSR count). The van der Waals surface area contributed by atoms with E-state index in [2.05, 4.69) is 41.5 Å². The Morgan fingerprint density at radius 1 is 0.783 bits per heavy atom. The Kier molecular flexibility index (Phi) is 8.73. The van der Waals surface area contributed by atoms with Crippen molar-refractivity contribution < 1.29 is 9.47 Å². The van der Waals surface area contributed by atoms with Crippen LogP contribution in [0, 0.1) is 5.41 Å². The van der Waals surface area contributed by atoms with E-state index in [1.165, 1.54) is 0 Å². The molecule has 0 fully saturated rings. The molecule has 0 aliphatic rings. The first-order valence-electron chi connectivity index (χ1n) is 9.04. The third-order valence-electron chi connectivity index (χ3n) is 4.44. The predicted octanol–water partition coefficient (Wildman–Crippen LogP) is 3.86. The summed E-state index contributed by atoms with van der Waals surface area (Å²) in [5.41, 5.74) is 11.9. The third kappa shape index (κ3) is 11.1. The summed E-state index contributed by atoms with van der Waals surface area (Å²) in [7, 11) is 0. The van der Waals surface area contributed by atoms with Gasteiger partial charge in [-0.2, -0.15) is 0 Å². The molecule has 0 aliphatic carbocycles. The zero-order valence-electron chi connectivity index (χ0n) is 16.9. The molecule has 0 heterocycles. The zero-order chi connectivity index (χ0) is 18.4. The van der Waals surface area contributed by atoms with Crippen molar-refractivity contribution in [1.29, 1.82) is 0 Å². The van der Waals surface area contributed by atoms with Crippen LogP contribution in [0.2, 0.25) is 0 Å². The van der Waals surface area contributed by atoms with Crippen LogP contribution in [0.3, 0.4) is 0 Å². The van der Waals surface area contributed by atoms with Crippen molar-refractivity contribution in [3.63, 3.8) is 0 Å². The maximum Gasteiger partial charge on any atom is 0.0707 e. The van der Waals surface area contributed by atoms with Gasteiger partial charge in [-0.25, -0.2) is 0 Å². The van der Waals surface area contributed by atoms with Crippen molar-refractivity contribution in [2.45, 2.75) is 97.8 Å². The number of hydrogen-bond donors (Lipinski definition) is 2. The molecule has 0 saturated heterocycles. The second kappa shape index (κ2) is 8.80. The molecule has 2 atom stereocenters. The zero-order valence-corrected chi connectivity index (χ0v) is 16.9. The van der Waals surface area contributed by atoms with Crippen LogP contribution in [-0.2, 0) is 9.47 Å². The standard InChI is InChI=1S/C19H42N2O2/c1-9-18(7,21)13-16(3,4)15-22-11-12-23-19(8,10-2)14-17(5,6)20/h9-15,20-21H2,1-8H3. The van der Waals surface area contributed by atoms with Crippen LogP contribution in [0.15, 0.2) is 0 Å². The number of rotatable bonds is 12. The summed E-state index contributed by atoms with van der Waals surface area (Å²) >= 11 is 0. The van der Waals surface area contributed by atoms with Gasteiger partial charge in [0.15, 0.2) is 0 Å². The normalized spacial score (nSPS) is 18.5. The van der Waals surface area contributed by atoms with E-state index in [9.17, 15) is 0 Å². The molecule has 0 aromatic rings. The summed E-state index contributed by atoms with van der Waals surface area (Å²) in [6, 6.07) is 0. The first-order chi connectivity index (χ1) is 10.2. The lowest BCUT2D eigenvalue weighted by Crippen LogP contribution is -2.43. The van der Waals surface area contributed by atoms with Crippen LogP contribution >= 0.6 is 0 Å². The summed E-state index contributed by atoms with van der Waals surface area (Å²) in [5, 5.41) is 0. The van der Waals surface area contributed by atoms with Crippen molar-refractivity contribution in [2.75, 3.05) is 19.8 Å². The molecule has 0 amide bonds. The smallest absolute Gasteiger partial charge is 0.0707 e. The highest BCUT2D eigenvalue weighted by atomic mass is 16.5. The fraction of sp³-hybridized carbons (Fsp3) is 1.00. The maximum atomic E-state index is 6.27. The van der Waals surface area contributed by atoms with Gasteiger partial charge in [0.25, 0.3) is 0 Å². The molecule has 0 aromatic heterocycles. The van der Waals surface area contributed by atoms with Gasteiger partial charge in [0.05, 0.1) is 25.4 Å². The fourth-order valence-corrected chi connectivity index (χ4v) is 3.21. The molecule has 4 nitrogen and oxygen atoms in total. The lowest BCUT2D eigenvalue weighted by Gasteiger charge is -2.35. The lowest BCUT2D eigenvalue weighted by molar-refractivity contribution is -0.0788. The molecule has 23 heavy (non-hydrogen) atoms. The highest BCUT2D eigenvalue weighted by Crippen LogP contribution is 2.29. The Morgan fingerprint density at radius 3 is 1.78 bits per heavy atom. The van der Waals surface area contributed by atoms with E-state index in [4.69, 9.17) is 20.9 Å². The summed E-state index contributed by atoms with van der Waals surface area (Å²) in [4.78, 5) is 0. The van der Waals surface area contributed by atoms with Crippen molar-refractivity contribution in [1.82, 2.24) is 0 Å². The van der Waals surface area contributed by atoms with E-state index in [0.29, 0.717) is 19.8 Å². The molecular weight excluding hydrogens is 288 g/mol. The first kappa shape index (κ1) is 22.8. The topological polar surface area (TPSA) is 70.5 Å². The second-order valence-electron chi connectivity index (χ2n) is 9.22. The van der Waals surface area contributed by atoms with E-state index >= 15 is 0 Å². The minimum atomic E-state index is -0.223. The van der Waals surface area contributed by atoms with Gasteiger partial charge in [0.1, 0.15) is 0 Å². The number of hydrogen-bond acceptors (Lipinski definition) is 4. The Morgan fingerprint density at radius 2 is 1.35 bits per heavy atom. The maximum absolute atomic E-state index is 6.27. The molecule has 0 bridgehead atoms. The highest BCUT2D eigenvalue weighted by Gasteiger charge is 2.30. The van der Waals surface area contributed by atoms with Crippen molar-refractivity contribution in [3.8, 4) is 0 Å². The summed E-state index contributed by atoms with van der Waals surface area (Å²) in [6.45, 7) is 18.9. The lowest BCUT2D eigenvalue weighted by atomic mass is 9.79. The SMILES string of the molecule is CCC(C)(N)CC(C)(C)COCCOC(C)(CC)CC(C)(C)N. The highest BCUT2D eigenvalue weighted by molar-refractivity contribution is 4.86. The molecule has 4 N–H and O–H groups in total. The average Bonchev–Trinajstić information content (AvgIpc) is 2.35. The molecule has 140 valence electrons. The Balaban J connectivity index is 4.16. The third-order valence-corrected chi connectivity index (χ3v) is 4.44. The van der Waals surface area contributed by atoms with Gasteiger partial charge in [0, 0.05) is 11.1 Å². The van der Waals surface area contributed by atoms with Gasteiger partial charge < -0.3 is 20.9 Å². The average molecular weight is 331 g/mol. The van der Waals surface area contributed by atoms with E-state index in [1.54, 1.807) is 0 Å². The number of nitrogens with two attached hydrogens (primary N) is 2. The van der Waals surface area contributed by atoms with E-state index in [0.717, 1.165) is 25.7 Å². The van der Waals surface area contributed by atoms with E-state index in [-0.39, 0.29) is 22.1 Å². The van der Waals surface area contributed by atoms with Crippen LogP contribution in [0.5, 0.6) is 0 Å². The molecular formula is C19H42N2O2. The van der Waals surface area contributed by atoms with Crippen LogP contribution < -0.4 is 11.5 Å². The molecule has 0 radical (unpaired) electrons. The van der Waals surface area contributed by atoms with Gasteiger partial charge in [-0.3, -0.25) is 0 Å². The van der Waals surface area contributed by atoms with Gasteiger partial charge in [-0.05, 0) is 58.8 Å². The monoisotopic (exact) mass is 330 g/mol. The Labute approximate surface area is 144 Å². The van der Waals surface area contributed by atoms with Crippen LogP contribution in [0.1, 0.15) is 81.1 Å². The fourth-order valence-electron chi connectivity index (χ4n) is 3.21. The predicted molar refractivity (Wildman–Crippen MR) is 99.6 cm³/mol. The summed E-state index contributed by atoms with van der Waals surface area (Å²) in [5.74, 6) is 0. The van der Waals surface area contributed by atoms with Crippen molar-refractivity contribution in [2.24, 2.45) is 16.9 Å². The van der Waals surface area contributed by atoms with Gasteiger partial charge in [0.2, 0.25) is 0 Å². The van der Waals surface area contributed by atoms with Crippen LogP contribution in [0.25, 0.3) is 0 Å². The Bertz CT molecular complexity index is 335. The number of ether oxygens (including phenoxy) is 2. The minimum Gasteiger partial charge on any atom is -0.379 e. The van der Waals surface area contributed by atoms with Gasteiger partial charge in [-0.1, -0.05) is 27.7 Å². The van der Waals surface area contributed by atoms with Gasteiger partial charge >= 0.3 is 0 Å². The summed E-state index contributed by atoms with van der Waals surface area (Å²) < 4.78 is 11.9. The summed E-state index contributed by atoms with van der Waals surface area (Å²) in [6.07, 6.45) is 3.71. The largest absolute Gasteiger partial charge is 0.379 e. The van der Waals surface area contributed by atoms with E-state index in [1.807, 2.05) is 13.8 Å². The molecule has 0 saturated carbocycles.